The lowest BCUT2D eigenvalue weighted by Gasteiger charge is -2.42. The van der Waals surface area contributed by atoms with Gasteiger partial charge in [0.2, 0.25) is 0 Å². The van der Waals surface area contributed by atoms with Crippen molar-refractivity contribution in [1.82, 2.24) is 4.90 Å². The SMILES string of the molecule is C.CCC1(c2ccc(Cl)cc2)CCCCC1.CCC1(c2ccc(Cl)cc2)CCN(C(=O)OC(C)(C)C)CC1. The minimum Gasteiger partial charge on any atom is -0.444 e. The van der Waals surface area contributed by atoms with Crippen LogP contribution >= 0.6 is 23.2 Å². The molecular weight excluding hydrogens is 513 g/mol. The van der Waals surface area contributed by atoms with Crippen molar-refractivity contribution in [1.29, 1.82) is 0 Å². The van der Waals surface area contributed by atoms with Crippen molar-refractivity contribution in [3.63, 3.8) is 0 Å². The molecule has 2 aliphatic rings. The van der Waals surface area contributed by atoms with Crippen molar-refractivity contribution >= 4 is 29.3 Å². The lowest BCUT2D eigenvalue weighted by Crippen LogP contribution is -2.46. The van der Waals surface area contributed by atoms with E-state index < -0.39 is 5.60 Å². The van der Waals surface area contributed by atoms with E-state index in [2.05, 4.69) is 38.1 Å². The highest BCUT2D eigenvalue weighted by atomic mass is 35.5. The number of likely N-dealkylation sites (tertiary alicyclic amines) is 1. The van der Waals surface area contributed by atoms with Crippen LogP contribution in [0.5, 0.6) is 0 Å². The minimum absolute atomic E-state index is 0. The Kier molecular flexibility index (Phi) is 12.0. The second-order valence-corrected chi connectivity index (χ2v) is 12.7. The molecule has 1 heterocycles. The molecule has 3 nitrogen and oxygen atoms in total. The number of benzene rings is 2. The van der Waals surface area contributed by atoms with Crippen LogP contribution in [-0.2, 0) is 15.6 Å². The standard InChI is InChI=1S/C18H26ClNO2.C14H19Cl.CH4/c1-5-18(14-6-8-15(19)9-7-14)10-12-20(13-11-18)16(21)22-17(2,3)4;1-2-14(10-4-3-5-11-14)12-6-8-13(15)9-7-12;/h6-9H,5,10-13H2,1-4H3;6-9H,2-5,10-11H2,1H3;1H4. The summed E-state index contributed by atoms with van der Waals surface area (Å²) in [7, 11) is 0. The number of amides is 1. The number of nitrogens with zero attached hydrogens (tertiary/aromatic N) is 1. The van der Waals surface area contributed by atoms with Crippen LogP contribution in [0.1, 0.15) is 111 Å². The predicted octanol–water partition coefficient (Wildman–Crippen LogP) is 10.6. The lowest BCUT2D eigenvalue weighted by atomic mass is 9.68. The van der Waals surface area contributed by atoms with Crippen molar-refractivity contribution in [2.24, 2.45) is 0 Å². The molecule has 38 heavy (non-hydrogen) atoms. The average molecular weight is 563 g/mol. The first-order valence-corrected chi connectivity index (χ1v) is 14.8. The Balaban J connectivity index is 0.000000277. The van der Waals surface area contributed by atoms with Crippen LogP contribution in [0, 0.1) is 0 Å². The van der Waals surface area contributed by atoms with Gasteiger partial charge in [-0.1, -0.05) is 88.0 Å². The molecule has 4 rings (SSSR count). The Morgan fingerprint density at radius 2 is 1.16 bits per heavy atom. The molecule has 2 aromatic carbocycles. The molecule has 2 aromatic rings. The monoisotopic (exact) mass is 561 g/mol. The van der Waals surface area contributed by atoms with Gasteiger partial charge in [0.1, 0.15) is 5.60 Å². The molecular formula is C33H49Cl2NO2. The summed E-state index contributed by atoms with van der Waals surface area (Å²) >= 11 is 11.9. The van der Waals surface area contributed by atoms with Crippen LogP contribution in [-0.4, -0.2) is 29.7 Å². The van der Waals surface area contributed by atoms with Gasteiger partial charge in [-0.05, 0) is 106 Å². The Hall–Kier alpha value is -1.71. The molecule has 0 atom stereocenters. The summed E-state index contributed by atoms with van der Waals surface area (Å²) in [5, 5.41) is 1.61. The first kappa shape index (κ1) is 32.5. The lowest BCUT2D eigenvalue weighted by molar-refractivity contribution is 0.0161. The average Bonchev–Trinajstić information content (AvgIpc) is 2.89. The largest absolute Gasteiger partial charge is 0.444 e. The van der Waals surface area contributed by atoms with E-state index in [4.69, 9.17) is 27.9 Å². The summed E-state index contributed by atoms with van der Waals surface area (Å²) in [5.74, 6) is 0. The third kappa shape index (κ3) is 8.39. The number of hydrogen-bond acceptors (Lipinski definition) is 2. The van der Waals surface area contributed by atoms with E-state index >= 15 is 0 Å². The van der Waals surface area contributed by atoms with Gasteiger partial charge in [-0.3, -0.25) is 0 Å². The van der Waals surface area contributed by atoms with E-state index in [0.717, 1.165) is 42.4 Å². The topological polar surface area (TPSA) is 29.5 Å². The fourth-order valence-electron chi connectivity index (χ4n) is 5.97. The van der Waals surface area contributed by atoms with Crippen LogP contribution in [0.2, 0.25) is 10.0 Å². The van der Waals surface area contributed by atoms with Crippen molar-refractivity contribution < 1.29 is 9.53 Å². The van der Waals surface area contributed by atoms with Gasteiger partial charge in [0.25, 0.3) is 0 Å². The summed E-state index contributed by atoms with van der Waals surface area (Å²) in [6, 6.07) is 16.6. The second-order valence-electron chi connectivity index (χ2n) is 11.8. The van der Waals surface area contributed by atoms with Crippen LogP contribution in [0.3, 0.4) is 0 Å². The molecule has 0 bridgehead atoms. The maximum absolute atomic E-state index is 12.2. The van der Waals surface area contributed by atoms with E-state index in [1.54, 1.807) is 0 Å². The van der Waals surface area contributed by atoms with Crippen molar-refractivity contribution in [3.8, 4) is 0 Å². The third-order valence-corrected chi connectivity index (χ3v) is 8.95. The first-order valence-electron chi connectivity index (χ1n) is 14.0. The Bertz CT molecular complexity index is 981. The van der Waals surface area contributed by atoms with E-state index in [9.17, 15) is 4.79 Å². The predicted molar refractivity (Wildman–Crippen MR) is 164 cm³/mol. The molecule has 1 aliphatic carbocycles. The molecule has 1 aliphatic heterocycles. The maximum atomic E-state index is 12.2. The van der Waals surface area contributed by atoms with Gasteiger partial charge in [-0.25, -0.2) is 4.79 Å². The number of ether oxygens (including phenoxy) is 1. The third-order valence-electron chi connectivity index (χ3n) is 8.45. The smallest absolute Gasteiger partial charge is 0.410 e. The van der Waals surface area contributed by atoms with Gasteiger partial charge in [-0.15, -0.1) is 0 Å². The molecule has 0 aromatic heterocycles. The second kappa shape index (κ2) is 14.1. The van der Waals surface area contributed by atoms with E-state index in [1.807, 2.05) is 49.9 Å². The number of carbonyl (C=O) groups is 1. The minimum atomic E-state index is -0.438. The molecule has 212 valence electrons. The normalized spacial score (nSPS) is 18.4. The number of piperidine rings is 1. The van der Waals surface area contributed by atoms with Crippen molar-refractivity contribution in [2.75, 3.05) is 13.1 Å². The summed E-state index contributed by atoms with van der Waals surface area (Å²) in [6.07, 6.45) is 10.9. The summed E-state index contributed by atoms with van der Waals surface area (Å²) in [6.45, 7) is 11.7. The molecule has 0 unspecified atom stereocenters. The zero-order chi connectivity index (χ0) is 27.1. The van der Waals surface area contributed by atoms with E-state index in [0.29, 0.717) is 5.41 Å². The number of rotatable bonds is 4. The van der Waals surface area contributed by atoms with Crippen molar-refractivity contribution in [2.45, 2.75) is 116 Å². The first-order chi connectivity index (χ1) is 17.5. The van der Waals surface area contributed by atoms with Crippen LogP contribution < -0.4 is 0 Å². The van der Waals surface area contributed by atoms with Crippen LogP contribution in [0.15, 0.2) is 48.5 Å². The fraction of sp³-hybridized carbons (Fsp3) is 0.606. The maximum Gasteiger partial charge on any atom is 0.410 e. The molecule has 1 saturated carbocycles. The molecule has 5 heteroatoms. The molecule has 0 N–H and O–H groups in total. The molecule has 1 amide bonds. The van der Waals surface area contributed by atoms with Gasteiger partial charge >= 0.3 is 6.09 Å². The Morgan fingerprint density at radius 1 is 0.763 bits per heavy atom. The number of hydrogen-bond donors (Lipinski definition) is 0. The Morgan fingerprint density at radius 3 is 1.53 bits per heavy atom. The highest BCUT2D eigenvalue weighted by Crippen LogP contribution is 2.42. The van der Waals surface area contributed by atoms with Gasteiger partial charge in [-0.2, -0.15) is 0 Å². The van der Waals surface area contributed by atoms with E-state index in [1.165, 1.54) is 49.7 Å². The zero-order valence-electron chi connectivity index (χ0n) is 23.4. The molecule has 0 radical (unpaired) electrons. The molecule has 0 spiro atoms. The highest BCUT2D eigenvalue weighted by molar-refractivity contribution is 6.30. The summed E-state index contributed by atoms with van der Waals surface area (Å²) in [5.41, 5.74) is 2.97. The van der Waals surface area contributed by atoms with Gasteiger partial charge in [0, 0.05) is 23.1 Å². The quantitative estimate of drug-likeness (QED) is 0.371. The van der Waals surface area contributed by atoms with Crippen molar-refractivity contribution in [3.05, 3.63) is 69.7 Å². The van der Waals surface area contributed by atoms with Gasteiger partial charge in [0.05, 0.1) is 0 Å². The molecule has 2 fully saturated rings. The fourth-order valence-corrected chi connectivity index (χ4v) is 6.22. The Labute approximate surface area is 242 Å². The number of halogens is 2. The van der Waals surface area contributed by atoms with Crippen LogP contribution in [0.4, 0.5) is 4.79 Å². The zero-order valence-corrected chi connectivity index (χ0v) is 24.9. The van der Waals surface area contributed by atoms with Gasteiger partial charge < -0.3 is 9.64 Å². The van der Waals surface area contributed by atoms with Gasteiger partial charge in [0.15, 0.2) is 0 Å². The summed E-state index contributed by atoms with van der Waals surface area (Å²) < 4.78 is 5.47. The van der Waals surface area contributed by atoms with E-state index in [-0.39, 0.29) is 18.9 Å². The van der Waals surface area contributed by atoms with Crippen LogP contribution in [0.25, 0.3) is 0 Å². The highest BCUT2D eigenvalue weighted by Gasteiger charge is 2.37. The summed E-state index contributed by atoms with van der Waals surface area (Å²) in [4.78, 5) is 14.0. The molecule has 1 saturated heterocycles. The number of carbonyl (C=O) groups excluding carboxylic acids is 1.